The first kappa shape index (κ1) is 18.9. The zero-order valence-electron chi connectivity index (χ0n) is 14.2. The second-order valence-electron chi connectivity index (χ2n) is 6.07. The van der Waals surface area contributed by atoms with Gasteiger partial charge in [0.2, 0.25) is 15.9 Å². The highest BCUT2D eigenvalue weighted by Gasteiger charge is 2.36. The second kappa shape index (κ2) is 8.11. The molecule has 8 nitrogen and oxygen atoms in total. The number of hydrogen-bond donors (Lipinski definition) is 2. The Morgan fingerprint density at radius 1 is 1.42 bits per heavy atom. The molecule has 1 aromatic rings. The van der Waals surface area contributed by atoms with Gasteiger partial charge in [-0.1, -0.05) is 0 Å². The Morgan fingerprint density at radius 3 is 2.75 bits per heavy atom. The molecular formula is C15H25N3O5S. The summed E-state index contributed by atoms with van der Waals surface area (Å²) in [7, 11) is -1.74. The van der Waals surface area contributed by atoms with E-state index in [1.807, 2.05) is 19.1 Å². The number of carbonyl (C=O) groups is 1. The standard InChI is InChI=1S/C15H25N3O5S/c1-11-4-5-14(23-11)12-9-18(6-7-22-2)10-13(12)17-15(19)8-16-24(3,20)21/h4-5,12-13,16H,6-10H2,1-3H3,(H,17,19)/t12-,13-/m0/s1. The van der Waals surface area contributed by atoms with Crippen LogP contribution < -0.4 is 10.0 Å². The number of hydrogen-bond acceptors (Lipinski definition) is 6. The Morgan fingerprint density at radius 2 is 2.17 bits per heavy atom. The average Bonchev–Trinajstić information content (AvgIpc) is 3.08. The van der Waals surface area contributed by atoms with Gasteiger partial charge in [0, 0.05) is 26.7 Å². The molecule has 24 heavy (non-hydrogen) atoms. The summed E-state index contributed by atoms with van der Waals surface area (Å²) in [6.07, 6.45) is 1.02. The van der Waals surface area contributed by atoms with Crippen molar-refractivity contribution in [1.82, 2.24) is 14.9 Å². The van der Waals surface area contributed by atoms with Crippen molar-refractivity contribution in [2.45, 2.75) is 18.9 Å². The SMILES string of the molecule is COCCN1C[C@H](NC(=O)CNS(C)(=O)=O)[C@@H](c2ccc(C)o2)C1. The molecule has 1 aliphatic rings. The second-order valence-corrected chi connectivity index (χ2v) is 7.91. The summed E-state index contributed by atoms with van der Waals surface area (Å²) in [5.74, 6) is 1.32. The molecular weight excluding hydrogens is 334 g/mol. The van der Waals surface area contributed by atoms with Crippen LogP contribution in [0.1, 0.15) is 17.4 Å². The van der Waals surface area contributed by atoms with Crippen LogP contribution in [0.15, 0.2) is 16.5 Å². The van der Waals surface area contributed by atoms with Crippen LogP contribution in [0.3, 0.4) is 0 Å². The van der Waals surface area contributed by atoms with Crippen LogP contribution in [0, 0.1) is 6.92 Å². The van der Waals surface area contributed by atoms with Crippen molar-refractivity contribution in [1.29, 1.82) is 0 Å². The quantitative estimate of drug-likeness (QED) is 0.659. The highest BCUT2D eigenvalue weighted by atomic mass is 32.2. The zero-order chi connectivity index (χ0) is 17.7. The topological polar surface area (TPSA) is 101 Å². The van der Waals surface area contributed by atoms with Crippen molar-refractivity contribution in [2.24, 2.45) is 0 Å². The third-order valence-electron chi connectivity index (χ3n) is 3.98. The fraction of sp³-hybridized carbons (Fsp3) is 0.667. The molecule has 0 unspecified atom stereocenters. The number of aryl methyl sites for hydroxylation is 1. The minimum atomic E-state index is -3.39. The van der Waals surface area contributed by atoms with Crippen molar-refractivity contribution in [2.75, 3.05) is 46.2 Å². The first-order chi connectivity index (χ1) is 11.3. The van der Waals surface area contributed by atoms with E-state index in [1.54, 1.807) is 7.11 Å². The largest absolute Gasteiger partial charge is 0.466 e. The smallest absolute Gasteiger partial charge is 0.235 e. The van der Waals surface area contributed by atoms with E-state index in [0.717, 1.165) is 30.9 Å². The predicted molar refractivity (Wildman–Crippen MR) is 89.3 cm³/mol. The van der Waals surface area contributed by atoms with E-state index in [-0.39, 0.29) is 24.4 Å². The van der Waals surface area contributed by atoms with Crippen LogP contribution in [0.5, 0.6) is 0 Å². The van der Waals surface area contributed by atoms with Gasteiger partial charge in [0.25, 0.3) is 0 Å². The van der Waals surface area contributed by atoms with Crippen LogP contribution >= 0.6 is 0 Å². The van der Waals surface area contributed by atoms with Gasteiger partial charge in [0.1, 0.15) is 11.5 Å². The van der Waals surface area contributed by atoms with Crippen LogP contribution in [0.2, 0.25) is 0 Å². The number of furan rings is 1. The maximum absolute atomic E-state index is 12.0. The summed E-state index contributed by atoms with van der Waals surface area (Å²) in [6.45, 7) is 4.40. The lowest BCUT2D eigenvalue weighted by atomic mass is 10.0. The van der Waals surface area contributed by atoms with Crippen molar-refractivity contribution in [3.8, 4) is 0 Å². The molecule has 0 aliphatic carbocycles. The molecule has 0 radical (unpaired) electrons. The Labute approximate surface area is 142 Å². The number of sulfonamides is 1. The maximum atomic E-state index is 12.0. The molecule has 1 aromatic heterocycles. The fourth-order valence-electron chi connectivity index (χ4n) is 2.83. The monoisotopic (exact) mass is 359 g/mol. The van der Waals surface area contributed by atoms with E-state index in [1.165, 1.54) is 0 Å². The van der Waals surface area contributed by atoms with Crippen LogP contribution in [0.4, 0.5) is 0 Å². The normalized spacial score (nSPS) is 22.0. The molecule has 2 N–H and O–H groups in total. The van der Waals surface area contributed by atoms with Crippen molar-refractivity contribution >= 4 is 15.9 Å². The van der Waals surface area contributed by atoms with Crippen LogP contribution in [-0.2, 0) is 19.6 Å². The minimum absolute atomic E-state index is 0.0257. The van der Waals surface area contributed by atoms with Gasteiger partial charge in [-0.05, 0) is 19.1 Å². The summed E-state index contributed by atoms with van der Waals surface area (Å²) >= 11 is 0. The van der Waals surface area contributed by atoms with Crippen molar-refractivity contribution < 1.29 is 22.4 Å². The Bertz CT molecular complexity index is 658. The number of nitrogens with one attached hydrogen (secondary N) is 2. The molecule has 2 heterocycles. The zero-order valence-corrected chi connectivity index (χ0v) is 15.1. The number of amides is 1. The van der Waals surface area contributed by atoms with Gasteiger partial charge in [0.15, 0.2) is 0 Å². The Balaban J connectivity index is 2.01. The molecule has 1 saturated heterocycles. The molecule has 2 rings (SSSR count). The van der Waals surface area contributed by atoms with Crippen molar-refractivity contribution in [3.05, 3.63) is 23.7 Å². The Hall–Kier alpha value is -1.42. The molecule has 0 aromatic carbocycles. The van der Waals surface area contributed by atoms with E-state index >= 15 is 0 Å². The van der Waals surface area contributed by atoms with Gasteiger partial charge >= 0.3 is 0 Å². The number of nitrogens with zero attached hydrogens (tertiary/aromatic N) is 1. The van der Waals surface area contributed by atoms with E-state index in [9.17, 15) is 13.2 Å². The number of methoxy groups -OCH3 is 1. The van der Waals surface area contributed by atoms with Gasteiger partial charge in [0.05, 0.1) is 31.4 Å². The van der Waals surface area contributed by atoms with Gasteiger partial charge in [-0.15, -0.1) is 0 Å². The van der Waals surface area contributed by atoms with Gasteiger partial charge < -0.3 is 14.5 Å². The lowest BCUT2D eigenvalue weighted by Crippen LogP contribution is -2.44. The van der Waals surface area contributed by atoms with E-state index in [4.69, 9.17) is 9.15 Å². The summed E-state index contributed by atoms with van der Waals surface area (Å²) in [4.78, 5) is 14.2. The van der Waals surface area contributed by atoms with E-state index in [2.05, 4.69) is 14.9 Å². The van der Waals surface area contributed by atoms with E-state index in [0.29, 0.717) is 13.2 Å². The number of rotatable bonds is 8. The minimum Gasteiger partial charge on any atom is -0.466 e. The summed E-state index contributed by atoms with van der Waals surface area (Å²) < 4.78 is 35.2. The van der Waals surface area contributed by atoms with E-state index < -0.39 is 10.0 Å². The molecule has 1 aliphatic heterocycles. The predicted octanol–water partition coefficient (Wildman–Crippen LogP) is -0.332. The maximum Gasteiger partial charge on any atom is 0.235 e. The molecule has 0 spiro atoms. The lowest BCUT2D eigenvalue weighted by molar-refractivity contribution is -0.120. The molecule has 0 bridgehead atoms. The number of likely N-dealkylation sites (tertiary alicyclic amines) is 1. The fourth-order valence-corrected chi connectivity index (χ4v) is 3.22. The third-order valence-corrected chi connectivity index (χ3v) is 4.64. The first-order valence-electron chi connectivity index (χ1n) is 7.80. The molecule has 2 atom stereocenters. The molecule has 136 valence electrons. The summed E-state index contributed by atoms with van der Waals surface area (Å²) in [6, 6.07) is 3.69. The lowest BCUT2D eigenvalue weighted by Gasteiger charge is -2.18. The van der Waals surface area contributed by atoms with Crippen molar-refractivity contribution in [3.63, 3.8) is 0 Å². The number of carbonyl (C=O) groups excluding carboxylic acids is 1. The molecule has 1 amide bonds. The highest BCUT2D eigenvalue weighted by molar-refractivity contribution is 7.88. The summed E-state index contributed by atoms with van der Waals surface area (Å²) in [5.41, 5.74) is 0. The molecule has 0 saturated carbocycles. The Kier molecular flexibility index (Phi) is 6.39. The molecule has 9 heteroatoms. The molecule has 1 fully saturated rings. The number of ether oxygens (including phenoxy) is 1. The summed E-state index contributed by atoms with van der Waals surface area (Å²) in [5, 5.41) is 2.91. The van der Waals surface area contributed by atoms with Crippen LogP contribution in [0.25, 0.3) is 0 Å². The first-order valence-corrected chi connectivity index (χ1v) is 9.69. The van der Waals surface area contributed by atoms with Gasteiger partial charge in [-0.25, -0.2) is 13.1 Å². The van der Waals surface area contributed by atoms with Crippen LogP contribution in [-0.4, -0.2) is 71.4 Å². The average molecular weight is 359 g/mol. The highest BCUT2D eigenvalue weighted by Crippen LogP contribution is 2.29. The van der Waals surface area contributed by atoms with Gasteiger partial charge in [-0.3, -0.25) is 9.69 Å². The third kappa shape index (κ3) is 5.59. The van der Waals surface area contributed by atoms with Gasteiger partial charge in [-0.2, -0.15) is 0 Å².